The van der Waals surface area contributed by atoms with Crippen LogP contribution in [-0.2, 0) is 0 Å². The third-order valence-corrected chi connectivity index (χ3v) is 3.35. The average molecular weight is 244 g/mol. The maximum Gasteiger partial charge on any atom is 0.317 e. The Morgan fingerprint density at radius 1 is 1.50 bits per heavy atom. The van der Waals surface area contributed by atoms with Crippen LogP contribution in [0.2, 0.25) is 0 Å². The molecule has 0 aliphatic carbocycles. The van der Waals surface area contributed by atoms with Crippen LogP contribution in [0.25, 0.3) is 0 Å². The standard InChI is InChI=1S/C11H12N6O/c12-5-8-1-2-14-15-10(8)16-3-4-17-9(7-16)6-13-11(17)18/h1-2,9H,3-4,6-7H2,(H,13,18). The van der Waals surface area contributed by atoms with Crippen LogP contribution in [0.3, 0.4) is 0 Å². The first-order valence-corrected chi connectivity index (χ1v) is 5.81. The van der Waals surface area contributed by atoms with E-state index < -0.39 is 0 Å². The minimum absolute atomic E-state index is 0.000646. The summed E-state index contributed by atoms with van der Waals surface area (Å²) in [5.41, 5.74) is 0.524. The molecule has 7 heteroatoms. The lowest BCUT2D eigenvalue weighted by Gasteiger charge is -2.36. The molecule has 2 aliphatic heterocycles. The SMILES string of the molecule is N#Cc1ccnnc1N1CCN2C(=O)NCC2C1. The van der Waals surface area contributed by atoms with Gasteiger partial charge in [0.05, 0.1) is 17.8 Å². The quantitative estimate of drug-likeness (QED) is 0.724. The number of hydrogen-bond donors (Lipinski definition) is 1. The Morgan fingerprint density at radius 3 is 3.22 bits per heavy atom. The fourth-order valence-electron chi connectivity index (χ4n) is 2.44. The highest BCUT2D eigenvalue weighted by atomic mass is 16.2. The van der Waals surface area contributed by atoms with Gasteiger partial charge in [0, 0.05) is 26.2 Å². The molecule has 3 heterocycles. The summed E-state index contributed by atoms with van der Waals surface area (Å²) in [5.74, 6) is 0.610. The summed E-state index contributed by atoms with van der Waals surface area (Å²) >= 11 is 0. The first-order chi connectivity index (χ1) is 8.79. The number of nitriles is 1. The van der Waals surface area contributed by atoms with Crippen molar-refractivity contribution in [1.82, 2.24) is 20.4 Å². The number of carbonyl (C=O) groups is 1. The van der Waals surface area contributed by atoms with E-state index in [-0.39, 0.29) is 12.1 Å². The first kappa shape index (κ1) is 10.8. The molecule has 1 atom stereocenters. The van der Waals surface area contributed by atoms with Gasteiger partial charge in [-0.2, -0.15) is 10.4 Å². The van der Waals surface area contributed by atoms with Gasteiger partial charge in [0.15, 0.2) is 5.82 Å². The zero-order valence-electron chi connectivity index (χ0n) is 9.70. The van der Waals surface area contributed by atoms with Crippen molar-refractivity contribution < 1.29 is 4.79 Å². The summed E-state index contributed by atoms with van der Waals surface area (Å²) in [6.45, 7) is 2.67. The summed E-state index contributed by atoms with van der Waals surface area (Å²) in [4.78, 5) is 15.3. The van der Waals surface area contributed by atoms with Crippen molar-refractivity contribution in [1.29, 1.82) is 5.26 Å². The lowest BCUT2D eigenvalue weighted by atomic mass is 10.2. The predicted molar refractivity (Wildman–Crippen MR) is 62.9 cm³/mol. The summed E-state index contributed by atoms with van der Waals surface area (Å²) < 4.78 is 0. The number of rotatable bonds is 1. The fourth-order valence-corrected chi connectivity index (χ4v) is 2.44. The minimum Gasteiger partial charge on any atom is -0.350 e. The number of carbonyl (C=O) groups excluding carboxylic acids is 1. The Morgan fingerprint density at radius 2 is 2.39 bits per heavy atom. The van der Waals surface area contributed by atoms with Gasteiger partial charge in [-0.3, -0.25) is 0 Å². The molecule has 2 saturated heterocycles. The third kappa shape index (κ3) is 1.62. The highest BCUT2D eigenvalue weighted by molar-refractivity contribution is 5.77. The molecule has 2 fully saturated rings. The van der Waals surface area contributed by atoms with E-state index in [0.29, 0.717) is 37.6 Å². The highest BCUT2D eigenvalue weighted by Crippen LogP contribution is 2.21. The minimum atomic E-state index is -0.000646. The third-order valence-electron chi connectivity index (χ3n) is 3.35. The molecule has 2 aliphatic rings. The van der Waals surface area contributed by atoms with Crippen molar-refractivity contribution in [2.24, 2.45) is 0 Å². The topological polar surface area (TPSA) is 85.2 Å². The number of hydrogen-bond acceptors (Lipinski definition) is 5. The number of aromatic nitrogens is 2. The molecule has 92 valence electrons. The summed E-state index contributed by atoms with van der Waals surface area (Å²) in [6.07, 6.45) is 1.51. The maximum absolute atomic E-state index is 11.5. The molecule has 1 unspecified atom stereocenters. The lowest BCUT2D eigenvalue weighted by molar-refractivity contribution is 0.197. The van der Waals surface area contributed by atoms with Crippen LogP contribution in [0.1, 0.15) is 5.56 Å². The number of fused-ring (bicyclic) bond motifs is 1. The van der Waals surface area contributed by atoms with Gasteiger partial charge in [0.25, 0.3) is 0 Å². The van der Waals surface area contributed by atoms with E-state index in [1.165, 1.54) is 6.20 Å². The second-order valence-electron chi connectivity index (χ2n) is 4.36. The molecule has 0 bridgehead atoms. The van der Waals surface area contributed by atoms with Crippen LogP contribution < -0.4 is 10.2 Å². The first-order valence-electron chi connectivity index (χ1n) is 5.81. The number of nitrogens with zero attached hydrogens (tertiary/aromatic N) is 5. The highest BCUT2D eigenvalue weighted by Gasteiger charge is 2.36. The second kappa shape index (κ2) is 4.14. The van der Waals surface area contributed by atoms with Crippen molar-refractivity contribution in [2.75, 3.05) is 31.1 Å². The predicted octanol–water partition coefficient (Wildman–Crippen LogP) is -0.438. The van der Waals surface area contributed by atoms with Crippen LogP contribution in [0, 0.1) is 11.3 Å². The molecule has 0 radical (unpaired) electrons. The van der Waals surface area contributed by atoms with Crippen LogP contribution in [0.5, 0.6) is 0 Å². The Labute approximate surface area is 104 Å². The van der Waals surface area contributed by atoms with Gasteiger partial charge in [-0.25, -0.2) is 4.79 Å². The van der Waals surface area contributed by atoms with Crippen molar-refractivity contribution in [3.63, 3.8) is 0 Å². The Balaban J connectivity index is 1.83. The fraction of sp³-hybridized carbons (Fsp3) is 0.455. The Kier molecular flexibility index (Phi) is 2.48. The van der Waals surface area contributed by atoms with E-state index in [2.05, 4.69) is 21.6 Å². The van der Waals surface area contributed by atoms with Gasteiger partial charge in [-0.1, -0.05) is 0 Å². The van der Waals surface area contributed by atoms with E-state index in [4.69, 9.17) is 5.26 Å². The van der Waals surface area contributed by atoms with Crippen LogP contribution >= 0.6 is 0 Å². The van der Waals surface area contributed by atoms with Gasteiger partial charge in [-0.05, 0) is 6.07 Å². The molecule has 2 amide bonds. The number of nitrogens with one attached hydrogen (secondary N) is 1. The van der Waals surface area contributed by atoms with Crippen molar-refractivity contribution in [3.05, 3.63) is 17.8 Å². The van der Waals surface area contributed by atoms with E-state index in [9.17, 15) is 4.79 Å². The van der Waals surface area contributed by atoms with Gasteiger partial charge in [0.2, 0.25) is 0 Å². The van der Waals surface area contributed by atoms with Crippen LogP contribution in [-0.4, -0.2) is 53.3 Å². The van der Waals surface area contributed by atoms with Crippen LogP contribution in [0.15, 0.2) is 12.3 Å². The molecule has 1 aromatic rings. The average Bonchev–Trinajstić information content (AvgIpc) is 2.80. The number of piperazine rings is 1. The molecule has 0 aromatic carbocycles. The van der Waals surface area contributed by atoms with Gasteiger partial charge < -0.3 is 15.1 Å². The van der Waals surface area contributed by atoms with Gasteiger partial charge in [-0.15, -0.1) is 5.10 Å². The van der Waals surface area contributed by atoms with E-state index in [1.54, 1.807) is 6.07 Å². The molecule has 3 rings (SSSR count). The number of urea groups is 1. The Hall–Kier alpha value is -2.36. The number of anilines is 1. The van der Waals surface area contributed by atoms with E-state index in [1.807, 2.05) is 9.80 Å². The smallest absolute Gasteiger partial charge is 0.317 e. The molecular formula is C11H12N6O. The lowest BCUT2D eigenvalue weighted by Crippen LogP contribution is -2.52. The molecular weight excluding hydrogens is 232 g/mol. The summed E-state index contributed by atoms with van der Waals surface area (Å²) in [5, 5.41) is 19.7. The zero-order valence-corrected chi connectivity index (χ0v) is 9.70. The summed E-state index contributed by atoms with van der Waals surface area (Å²) in [6, 6.07) is 3.93. The second-order valence-corrected chi connectivity index (χ2v) is 4.36. The largest absolute Gasteiger partial charge is 0.350 e. The number of amides is 2. The monoisotopic (exact) mass is 244 g/mol. The van der Waals surface area contributed by atoms with E-state index in [0.717, 1.165) is 0 Å². The zero-order chi connectivity index (χ0) is 12.5. The van der Waals surface area contributed by atoms with Gasteiger partial charge in [0.1, 0.15) is 6.07 Å². The molecule has 0 spiro atoms. The van der Waals surface area contributed by atoms with Crippen molar-refractivity contribution in [2.45, 2.75) is 6.04 Å². The summed E-state index contributed by atoms with van der Waals surface area (Å²) in [7, 11) is 0. The van der Waals surface area contributed by atoms with Crippen molar-refractivity contribution in [3.8, 4) is 6.07 Å². The van der Waals surface area contributed by atoms with Gasteiger partial charge >= 0.3 is 6.03 Å². The maximum atomic E-state index is 11.5. The molecule has 7 nitrogen and oxygen atoms in total. The molecule has 0 saturated carbocycles. The molecule has 18 heavy (non-hydrogen) atoms. The van der Waals surface area contributed by atoms with Crippen LogP contribution in [0.4, 0.5) is 10.6 Å². The van der Waals surface area contributed by atoms with E-state index >= 15 is 0 Å². The normalized spacial score (nSPS) is 22.4. The van der Waals surface area contributed by atoms with Crippen molar-refractivity contribution >= 4 is 11.8 Å². The molecule has 1 N–H and O–H groups in total. The molecule has 1 aromatic heterocycles. The Bertz CT molecular complexity index is 525.